The standard InChI is InChI=1S/C17H28NO5P/c1-4-12-22-24(20,23-13-5-2)16(6-3)18-17(19)21-14-15-10-8-7-9-11-15/h7-11,16H,4-6,12-14H2,1-3H3,(H,18,19)/t16-/m1/s1. The SMILES string of the molecule is CCCOP(=O)(OCCC)[C@H](CC)NC(=O)OCc1ccccc1. The fourth-order valence-electron chi connectivity index (χ4n) is 1.96. The van der Waals surface area contributed by atoms with Crippen LogP contribution in [-0.4, -0.2) is 25.1 Å². The Morgan fingerprint density at radius 1 is 1.08 bits per heavy atom. The van der Waals surface area contributed by atoms with E-state index in [4.69, 9.17) is 13.8 Å². The Balaban J connectivity index is 2.63. The van der Waals surface area contributed by atoms with Crippen LogP contribution < -0.4 is 5.32 Å². The van der Waals surface area contributed by atoms with Crippen molar-refractivity contribution < 1.29 is 23.1 Å². The maximum Gasteiger partial charge on any atom is 0.408 e. The fraction of sp³-hybridized carbons (Fsp3) is 0.588. The van der Waals surface area contributed by atoms with Crippen LogP contribution in [0.2, 0.25) is 0 Å². The first-order valence-electron chi connectivity index (χ1n) is 8.41. The minimum Gasteiger partial charge on any atom is -0.445 e. The van der Waals surface area contributed by atoms with Gasteiger partial charge in [0.05, 0.1) is 13.2 Å². The van der Waals surface area contributed by atoms with Crippen LogP contribution in [0, 0.1) is 0 Å². The van der Waals surface area contributed by atoms with Crippen LogP contribution in [0.4, 0.5) is 4.79 Å². The van der Waals surface area contributed by atoms with Gasteiger partial charge in [0, 0.05) is 0 Å². The molecule has 0 fully saturated rings. The Bertz CT molecular complexity index is 511. The molecular weight excluding hydrogens is 329 g/mol. The lowest BCUT2D eigenvalue weighted by molar-refractivity contribution is 0.133. The van der Waals surface area contributed by atoms with E-state index in [1.165, 1.54) is 0 Å². The first-order chi connectivity index (χ1) is 11.6. The Kier molecular flexibility index (Phi) is 9.69. The zero-order valence-electron chi connectivity index (χ0n) is 14.7. The predicted octanol–water partition coefficient (Wildman–Crippen LogP) is 4.70. The highest BCUT2D eigenvalue weighted by Gasteiger charge is 2.36. The van der Waals surface area contributed by atoms with E-state index in [-0.39, 0.29) is 6.61 Å². The molecule has 0 saturated heterocycles. The van der Waals surface area contributed by atoms with Gasteiger partial charge >= 0.3 is 13.7 Å². The zero-order valence-corrected chi connectivity index (χ0v) is 15.6. The van der Waals surface area contributed by atoms with Gasteiger partial charge < -0.3 is 19.1 Å². The highest BCUT2D eigenvalue weighted by molar-refractivity contribution is 7.54. The highest BCUT2D eigenvalue weighted by atomic mass is 31.2. The van der Waals surface area contributed by atoms with Gasteiger partial charge in [-0.25, -0.2) is 4.79 Å². The Hall–Kier alpha value is -1.36. The molecule has 0 unspecified atom stereocenters. The van der Waals surface area contributed by atoms with Gasteiger partial charge in [-0.1, -0.05) is 51.1 Å². The van der Waals surface area contributed by atoms with Crippen molar-refractivity contribution in [3.05, 3.63) is 35.9 Å². The fourth-order valence-corrected chi connectivity index (χ4v) is 3.98. The molecule has 1 aromatic rings. The first kappa shape index (κ1) is 20.7. The molecule has 1 N–H and O–H groups in total. The number of nitrogens with one attached hydrogen (secondary N) is 1. The van der Waals surface area contributed by atoms with Crippen LogP contribution in [0.15, 0.2) is 30.3 Å². The molecule has 7 heteroatoms. The van der Waals surface area contributed by atoms with Crippen molar-refractivity contribution in [1.29, 1.82) is 0 Å². The maximum atomic E-state index is 13.0. The molecule has 1 amide bonds. The van der Waals surface area contributed by atoms with Gasteiger partial charge in [-0.15, -0.1) is 0 Å². The van der Waals surface area contributed by atoms with E-state index in [1.54, 1.807) is 0 Å². The third-order valence-electron chi connectivity index (χ3n) is 3.22. The van der Waals surface area contributed by atoms with Crippen LogP contribution in [0.5, 0.6) is 0 Å². The van der Waals surface area contributed by atoms with Crippen molar-refractivity contribution in [2.24, 2.45) is 0 Å². The molecule has 0 aliphatic rings. The number of carbonyl (C=O) groups is 1. The summed E-state index contributed by atoms with van der Waals surface area (Å²) in [6.45, 7) is 6.45. The number of benzene rings is 1. The number of rotatable bonds is 11. The molecule has 136 valence electrons. The van der Waals surface area contributed by atoms with Crippen LogP contribution in [0.3, 0.4) is 0 Å². The van der Waals surface area contributed by atoms with Crippen LogP contribution in [0.25, 0.3) is 0 Å². The molecule has 0 spiro atoms. The van der Waals surface area contributed by atoms with Crippen molar-refractivity contribution >= 4 is 13.7 Å². The second kappa shape index (κ2) is 11.2. The summed E-state index contributed by atoms with van der Waals surface area (Å²) in [6.07, 6.45) is 1.22. The number of hydrogen-bond acceptors (Lipinski definition) is 5. The summed E-state index contributed by atoms with van der Waals surface area (Å²) in [7, 11) is -3.42. The average molecular weight is 357 g/mol. The van der Waals surface area contributed by atoms with Gasteiger partial charge in [-0.2, -0.15) is 0 Å². The highest BCUT2D eigenvalue weighted by Crippen LogP contribution is 2.53. The van der Waals surface area contributed by atoms with Gasteiger partial charge in [-0.3, -0.25) is 4.57 Å². The first-order valence-corrected chi connectivity index (χ1v) is 10.0. The van der Waals surface area contributed by atoms with Crippen molar-refractivity contribution in [2.75, 3.05) is 13.2 Å². The normalized spacial score (nSPS) is 12.6. The second-order valence-electron chi connectivity index (χ2n) is 5.34. The molecule has 1 atom stereocenters. The smallest absolute Gasteiger partial charge is 0.408 e. The molecule has 1 rings (SSSR count). The monoisotopic (exact) mass is 357 g/mol. The van der Waals surface area contributed by atoms with Gasteiger partial charge in [0.25, 0.3) is 0 Å². The third kappa shape index (κ3) is 7.04. The minimum absolute atomic E-state index is 0.152. The maximum absolute atomic E-state index is 13.0. The summed E-state index contributed by atoms with van der Waals surface area (Å²) >= 11 is 0. The summed E-state index contributed by atoms with van der Waals surface area (Å²) in [6, 6.07) is 9.37. The third-order valence-corrected chi connectivity index (χ3v) is 5.56. The Labute approximate surface area is 144 Å². The summed E-state index contributed by atoms with van der Waals surface area (Å²) < 4.78 is 29.1. The van der Waals surface area contributed by atoms with E-state index in [9.17, 15) is 9.36 Å². The number of hydrogen-bond donors (Lipinski definition) is 1. The van der Waals surface area contributed by atoms with Crippen LogP contribution in [-0.2, 0) is 25.0 Å². The van der Waals surface area contributed by atoms with Crippen molar-refractivity contribution in [3.63, 3.8) is 0 Å². The van der Waals surface area contributed by atoms with Crippen LogP contribution in [0.1, 0.15) is 45.6 Å². The lowest BCUT2D eigenvalue weighted by Gasteiger charge is -2.26. The van der Waals surface area contributed by atoms with Gasteiger partial charge in [0.2, 0.25) is 0 Å². The largest absolute Gasteiger partial charge is 0.445 e. The minimum atomic E-state index is -3.42. The van der Waals surface area contributed by atoms with Crippen molar-refractivity contribution in [1.82, 2.24) is 5.32 Å². The number of carbonyl (C=O) groups excluding carboxylic acids is 1. The summed E-state index contributed by atoms with van der Waals surface area (Å²) in [5.41, 5.74) is 0.883. The zero-order chi connectivity index (χ0) is 17.8. The van der Waals surface area contributed by atoms with Crippen LogP contribution >= 0.6 is 7.60 Å². The molecule has 1 aromatic carbocycles. The summed E-state index contributed by atoms with van der Waals surface area (Å²) in [4.78, 5) is 12.0. The lowest BCUT2D eigenvalue weighted by Crippen LogP contribution is -2.36. The van der Waals surface area contributed by atoms with Gasteiger partial charge in [0.15, 0.2) is 0 Å². The number of alkyl carbamates (subject to hydrolysis) is 1. The Morgan fingerprint density at radius 3 is 2.17 bits per heavy atom. The number of amides is 1. The van der Waals surface area contributed by atoms with Gasteiger partial charge in [0.1, 0.15) is 12.4 Å². The molecule has 6 nitrogen and oxygen atoms in total. The number of ether oxygens (including phenoxy) is 1. The van der Waals surface area contributed by atoms with Crippen molar-refractivity contribution in [2.45, 2.75) is 52.4 Å². The molecule has 0 radical (unpaired) electrons. The average Bonchev–Trinajstić information content (AvgIpc) is 2.61. The van der Waals surface area contributed by atoms with E-state index < -0.39 is 19.5 Å². The second-order valence-corrected chi connectivity index (χ2v) is 7.56. The summed E-state index contributed by atoms with van der Waals surface area (Å²) in [5, 5.41) is 2.62. The van der Waals surface area contributed by atoms with E-state index in [1.807, 2.05) is 51.1 Å². The predicted molar refractivity (Wildman–Crippen MR) is 93.9 cm³/mol. The summed E-state index contributed by atoms with van der Waals surface area (Å²) in [5.74, 6) is -0.723. The van der Waals surface area contributed by atoms with E-state index in [0.29, 0.717) is 32.5 Å². The van der Waals surface area contributed by atoms with E-state index in [2.05, 4.69) is 5.32 Å². The molecular formula is C17H28NO5P. The lowest BCUT2D eigenvalue weighted by atomic mass is 10.2. The van der Waals surface area contributed by atoms with Gasteiger partial charge in [-0.05, 0) is 24.8 Å². The molecule has 0 aliphatic heterocycles. The van der Waals surface area contributed by atoms with Crippen molar-refractivity contribution in [3.8, 4) is 0 Å². The van der Waals surface area contributed by atoms with E-state index >= 15 is 0 Å². The molecule has 24 heavy (non-hydrogen) atoms. The quantitative estimate of drug-likeness (QED) is 0.581. The topological polar surface area (TPSA) is 73.9 Å². The molecule has 0 heterocycles. The Morgan fingerprint density at radius 2 is 1.67 bits per heavy atom. The van der Waals surface area contributed by atoms with E-state index in [0.717, 1.165) is 5.56 Å². The molecule has 0 aliphatic carbocycles. The molecule has 0 saturated carbocycles. The molecule has 0 aromatic heterocycles. The molecule has 0 bridgehead atoms.